The van der Waals surface area contributed by atoms with Gasteiger partial charge in [-0.2, -0.15) is 5.26 Å². The van der Waals surface area contributed by atoms with Gasteiger partial charge in [0.15, 0.2) is 0 Å². The van der Waals surface area contributed by atoms with Crippen LogP contribution in [0, 0.1) is 11.3 Å². The molecule has 138 valence electrons. The van der Waals surface area contributed by atoms with Gasteiger partial charge in [-0.15, -0.1) is 11.3 Å². The van der Waals surface area contributed by atoms with Crippen molar-refractivity contribution in [2.75, 3.05) is 11.9 Å². The molecule has 1 aliphatic rings. The maximum absolute atomic E-state index is 13.0. The van der Waals surface area contributed by atoms with Gasteiger partial charge in [-0.05, 0) is 35.6 Å². The van der Waals surface area contributed by atoms with Crippen LogP contribution in [0.25, 0.3) is 0 Å². The van der Waals surface area contributed by atoms with Gasteiger partial charge in [0.25, 0.3) is 5.91 Å². The first-order chi connectivity index (χ1) is 12.9. The number of halogens is 1. The van der Waals surface area contributed by atoms with Crippen LogP contribution < -0.4 is 10.6 Å². The zero-order valence-electron chi connectivity index (χ0n) is 14.3. The number of hydrogen-bond donors (Lipinski definition) is 2. The lowest BCUT2D eigenvalue weighted by atomic mass is 9.87. The largest absolute Gasteiger partial charge is 0.325 e. The second-order valence-corrected chi connectivity index (χ2v) is 7.26. The van der Waals surface area contributed by atoms with Crippen molar-refractivity contribution in [3.8, 4) is 6.07 Å². The standard InChI is InChI=1S/C18H15ClN4O3S/c1-2-18(12-3-5-13(19)6-4-12)16(25)23(17(26)22-18)10-14(24)21-15-11(9-20)7-8-27-15/h3-8H,2,10H2,1H3,(H,21,24)(H,22,26). The summed E-state index contributed by atoms with van der Waals surface area (Å²) in [6, 6.07) is 9.55. The average molecular weight is 403 g/mol. The Morgan fingerprint density at radius 1 is 1.33 bits per heavy atom. The van der Waals surface area contributed by atoms with E-state index in [2.05, 4.69) is 10.6 Å². The smallest absolute Gasteiger partial charge is 0.319 e. The molecule has 7 nitrogen and oxygen atoms in total. The summed E-state index contributed by atoms with van der Waals surface area (Å²) in [7, 11) is 0. The Balaban J connectivity index is 1.80. The summed E-state index contributed by atoms with van der Waals surface area (Å²) in [5, 5.41) is 16.8. The van der Waals surface area contributed by atoms with Crippen molar-refractivity contribution in [3.63, 3.8) is 0 Å². The van der Waals surface area contributed by atoms with Crippen LogP contribution in [-0.4, -0.2) is 29.3 Å². The molecule has 1 aromatic heterocycles. The van der Waals surface area contributed by atoms with Crippen molar-refractivity contribution in [3.05, 3.63) is 51.9 Å². The minimum atomic E-state index is -1.23. The summed E-state index contributed by atoms with van der Waals surface area (Å²) in [4.78, 5) is 38.6. The van der Waals surface area contributed by atoms with Crippen molar-refractivity contribution < 1.29 is 14.4 Å². The van der Waals surface area contributed by atoms with Gasteiger partial charge in [-0.3, -0.25) is 14.5 Å². The van der Waals surface area contributed by atoms with Gasteiger partial charge in [-0.1, -0.05) is 30.7 Å². The zero-order chi connectivity index (χ0) is 19.6. The van der Waals surface area contributed by atoms with E-state index >= 15 is 0 Å². The molecule has 2 N–H and O–H groups in total. The molecule has 1 unspecified atom stereocenters. The highest BCUT2D eigenvalue weighted by Crippen LogP contribution is 2.33. The Morgan fingerprint density at radius 3 is 2.67 bits per heavy atom. The highest BCUT2D eigenvalue weighted by Gasteiger charge is 2.51. The molecule has 0 saturated carbocycles. The number of rotatable bonds is 5. The maximum Gasteiger partial charge on any atom is 0.325 e. The van der Waals surface area contributed by atoms with Gasteiger partial charge in [0.1, 0.15) is 23.2 Å². The predicted molar refractivity (Wildman–Crippen MR) is 101 cm³/mol. The fourth-order valence-corrected chi connectivity index (χ4v) is 3.83. The topological polar surface area (TPSA) is 102 Å². The Hall–Kier alpha value is -2.89. The molecule has 0 aliphatic carbocycles. The molecule has 2 heterocycles. The van der Waals surface area contributed by atoms with Gasteiger partial charge >= 0.3 is 6.03 Å². The summed E-state index contributed by atoms with van der Waals surface area (Å²) >= 11 is 7.10. The normalized spacial score (nSPS) is 18.9. The number of hydrogen-bond acceptors (Lipinski definition) is 5. The first-order valence-corrected chi connectivity index (χ1v) is 9.34. The van der Waals surface area contributed by atoms with Gasteiger partial charge in [0.05, 0.1) is 5.56 Å². The molecular weight excluding hydrogens is 388 g/mol. The minimum absolute atomic E-state index is 0.320. The number of anilines is 1. The number of urea groups is 1. The molecule has 2 aromatic rings. The van der Waals surface area contributed by atoms with E-state index in [4.69, 9.17) is 16.9 Å². The van der Waals surface area contributed by atoms with Gasteiger partial charge in [0.2, 0.25) is 5.91 Å². The highest BCUT2D eigenvalue weighted by atomic mass is 35.5. The lowest BCUT2D eigenvalue weighted by Gasteiger charge is -2.25. The molecule has 1 saturated heterocycles. The van der Waals surface area contributed by atoms with Crippen molar-refractivity contribution in [2.24, 2.45) is 0 Å². The van der Waals surface area contributed by atoms with Crippen molar-refractivity contribution in [1.29, 1.82) is 5.26 Å². The SMILES string of the molecule is CCC1(c2ccc(Cl)cc2)NC(=O)N(CC(=O)Nc2sccc2C#N)C1=O. The number of nitrogens with zero attached hydrogens (tertiary/aromatic N) is 2. The third-order valence-corrected chi connectivity index (χ3v) is 5.47. The Morgan fingerprint density at radius 2 is 2.04 bits per heavy atom. The Kier molecular flexibility index (Phi) is 5.17. The summed E-state index contributed by atoms with van der Waals surface area (Å²) in [5.74, 6) is -1.06. The number of imide groups is 1. The Bertz CT molecular complexity index is 950. The lowest BCUT2D eigenvalue weighted by molar-refractivity contribution is -0.134. The monoisotopic (exact) mass is 402 g/mol. The molecular formula is C18H15ClN4O3S. The molecule has 0 spiro atoms. The third-order valence-electron chi connectivity index (χ3n) is 4.38. The lowest BCUT2D eigenvalue weighted by Crippen LogP contribution is -2.44. The van der Waals surface area contributed by atoms with Crippen LogP contribution in [0.1, 0.15) is 24.5 Å². The van der Waals surface area contributed by atoms with Gasteiger partial charge < -0.3 is 10.6 Å². The molecule has 1 aliphatic heterocycles. The number of amides is 4. The molecule has 0 bridgehead atoms. The van der Waals surface area contributed by atoms with Crippen LogP contribution in [0.5, 0.6) is 0 Å². The van der Waals surface area contributed by atoms with Crippen LogP contribution in [0.15, 0.2) is 35.7 Å². The molecule has 9 heteroatoms. The molecule has 1 aromatic carbocycles. The first kappa shape index (κ1) is 18.9. The van der Waals surface area contributed by atoms with Gasteiger partial charge in [0, 0.05) is 5.02 Å². The summed E-state index contributed by atoms with van der Waals surface area (Å²) in [6.45, 7) is 1.34. The van der Waals surface area contributed by atoms with Crippen molar-refractivity contribution >= 4 is 45.8 Å². The summed E-state index contributed by atoms with van der Waals surface area (Å²) in [5.41, 5.74) is -0.307. The van der Waals surface area contributed by atoms with Crippen LogP contribution in [0.2, 0.25) is 5.02 Å². The minimum Gasteiger partial charge on any atom is -0.319 e. The number of benzene rings is 1. The van der Waals surface area contributed by atoms with E-state index in [9.17, 15) is 14.4 Å². The second kappa shape index (κ2) is 7.39. The molecule has 4 amide bonds. The van der Waals surface area contributed by atoms with E-state index < -0.39 is 29.9 Å². The molecule has 0 radical (unpaired) electrons. The van der Waals surface area contributed by atoms with Crippen LogP contribution in [0.3, 0.4) is 0 Å². The summed E-state index contributed by atoms with van der Waals surface area (Å²) < 4.78 is 0. The quantitative estimate of drug-likeness (QED) is 0.750. The van der Waals surface area contributed by atoms with E-state index in [-0.39, 0.29) is 0 Å². The van der Waals surface area contributed by atoms with E-state index in [1.54, 1.807) is 42.6 Å². The fraction of sp³-hybridized carbons (Fsp3) is 0.222. The zero-order valence-corrected chi connectivity index (χ0v) is 15.9. The first-order valence-electron chi connectivity index (χ1n) is 8.09. The number of thiophene rings is 1. The summed E-state index contributed by atoms with van der Waals surface area (Å²) in [6.07, 6.45) is 0.320. The van der Waals surface area contributed by atoms with E-state index in [0.29, 0.717) is 27.6 Å². The molecule has 1 fully saturated rings. The van der Waals surface area contributed by atoms with E-state index in [1.807, 2.05) is 6.07 Å². The average Bonchev–Trinajstić information content (AvgIpc) is 3.20. The van der Waals surface area contributed by atoms with E-state index in [0.717, 1.165) is 4.90 Å². The highest BCUT2D eigenvalue weighted by molar-refractivity contribution is 7.14. The predicted octanol–water partition coefficient (Wildman–Crippen LogP) is 3.07. The van der Waals surface area contributed by atoms with Crippen LogP contribution in [-0.2, 0) is 15.1 Å². The molecule has 3 rings (SSSR count). The van der Waals surface area contributed by atoms with Gasteiger partial charge in [-0.25, -0.2) is 4.79 Å². The number of carbonyl (C=O) groups excluding carboxylic acids is 3. The Labute approximate surface area is 164 Å². The second-order valence-electron chi connectivity index (χ2n) is 5.91. The van der Waals surface area contributed by atoms with Crippen LogP contribution >= 0.6 is 22.9 Å². The maximum atomic E-state index is 13.0. The molecule has 1 atom stereocenters. The number of nitriles is 1. The third kappa shape index (κ3) is 3.39. The van der Waals surface area contributed by atoms with Crippen molar-refractivity contribution in [1.82, 2.24) is 10.2 Å². The van der Waals surface area contributed by atoms with Crippen molar-refractivity contribution in [2.45, 2.75) is 18.9 Å². The van der Waals surface area contributed by atoms with E-state index in [1.165, 1.54) is 11.3 Å². The molecule has 27 heavy (non-hydrogen) atoms. The van der Waals surface area contributed by atoms with Crippen LogP contribution in [0.4, 0.5) is 9.80 Å². The number of nitrogens with one attached hydrogen (secondary N) is 2. The number of carbonyl (C=O) groups is 3. The fourth-order valence-electron chi connectivity index (χ4n) is 2.95.